The van der Waals surface area contributed by atoms with Crippen LogP contribution in [-0.4, -0.2) is 54.7 Å². The van der Waals surface area contributed by atoms with Gasteiger partial charge in [0.15, 0.2) is 23.9 Å². The van der Waals surface area contributed by atoms with E-state index in [-0.39, 0.29) is 16.2 Å². The number of fused-ring (bicyclic) bond motifs is 1. The van der Waals surface area contributed by atoms with Gasteiger partial charge in [0.25, 0.3) is 0 Å². The third-order valence-corrected chi connectivity index (χ3v) is 3.52. The van der Waals surface area contributed by atoms with Crippen molar-refractivity contribution in [2.45, 2.75) is 24.6 Å². The second-order valence-corrected chi connectivity index (χ2v) is 5.09. The SMILES string of the molecule is Nc1nc(Br)nc2c1ncn2[C@@H]1O[C@H](CO)[C@@H](O)[C@@H]1F. The van der Waals surface area contributed by atoms with E-state index in [4.69, 9.17) is 15.6 Å². The molecule has 0 spiro atoms. The Morgan fingerprint density at radius 2 is 2.25 bits per heavy atom. The predicted octanol–water partition coefficient (Wildman–Crippen LogP) is -0.240. The van der Waals surface area contributed by atoms with E-state index in [0.717, 1.165) is 0 Å². The fourth-order valence-electron chi connectivity index (χ4n) is 2.18. The number of anilines is 1. The number of hydrogen-bond acceptors (Lipinski definition) is 7. The molecule has 1 fully saturated rings. The van der Waals surface area contributed by atoms with E-state index in [1.54, 1.807) is 0 Å². The summed E-state index contributed by atoms with van der Waals surface area (Å²) < 4.78 is 20.9. The fraction of sp³-hybridized carbons (Fsp3) is 0.500. The first-order chi connectivity index (χ1) is 9.52. The minimum atomic E-state index is -1.71. The molecule has 0 unspecified atom stereocenters. The summed E-state index contributed by atoms with van der Waals surface area (Å²) in [5, 5.41) is 18.7. The van der Waals surface area contributed by atoms with E-state index >= 15 is 0 Å². The molecule has 0 bridgehead atoms. The highest BCUT2D eigenvalue weighted by Gasteiger charge is 2.45. The molecule has 0 aromatic carbocycles. The topological polar surface area (TPSA) is 119 Å². The monoisotopic (exact) mass is 347 g/mol. The molecule has 2 aromatic rings. The summed E-state index contributed by atoms with van der Waals surface area (Å²) in [6, 6.07) is 0. The zero-order chi connectivity index (χ0) is 14.4. The number of ether oxygens (including phenoxy) is 1. The summed E-state index contributed by atoms with van der Waals surface area (Å²) in [7, 11) is 0. The molecule has 3 rings (SSSR count). The Balaban J connectivity index is 2.07. The van der Waals surface area contributed by atoms with Gasteiger partial charge in [0, 0.05) is 0 Å². The molecule has 0 amide bonds. The van der Waals surface area contributed by atoms with Crippen LogP contribution in [0, 0.1) is 0 Å². The largest absolute Gasteiger partial charge is 0.394 e. The first-order valence-corrected chi connectivity index (χ1v) is 6.56. The molecule has 0 aliphatic carbocycles. The molecule has 4 atom stereocenters. The average Bonchev–Trinajstić information content (AvgIpc) is 2.93. The van der Waals surface area contributed by atoms with Gasteiger partial charge >= 0.3 is 0 Å². The Bertz CT molecular complexity index is 653. The van der Waals surface area contributed by atoms with Gasteiger partial charge in [-0.15, -0.1) is 0 Å². The van der Waals surface area contributed by atoms with Crippen molar-refractivity contribution >= 4 is 32.9 Å². The summed E-state index contributed by atoms with van der Waals surface area (Å²) >= 11 is 3.10. The number of nitrogen functional groups attached to an aromatic ring is 1. The van der Waals surface area contributed by atoms with Crippen LogP contribution in [0.25, 0.3) is 11.2 Å². The van der Waals surface area contributed by atoms with Crippen molar-refractivity contribution in [3.63, 3.8) is 0 Å². The van der Waals surface area contributed by atoms with Crippen molar-refractivity contribution in [2.75, 3.05) is 12.3 Å². The number of nitrogens with zero attached hydrogens (tertiary/aromatic N) is 4. The summed E-state index contributed by atoms with van der Waals surface area (Å²) in [4.78, 5) is 12.0. The molecule has 3 heterocycles. The van der Waals surface area contributed by atoms with Crippen molar-refractivity contribution in [2.24, 2.45) is 0 Å². The Morgan fingerprint density at radius 3 is 2.90 bits per heavy atom. The van der Waals surface area contributed by atoms with Gasteiger partial charge in [-0.3, -0.25) is 4.57 Å². The van der Waals surface area contributed by atoms with Gasteiger partial charge in [-0.2, -0.15) is 0 Å². The zero-order valence-electron chi connectivity index (χ0n) is 10.0. The van der Waals surface area contributed by atoms with Gasteiger partial charge in [0.1, 0.15) is 17.7 Å². The van der Waals surface area contributed by atoms with Crippen molar-refractivity contribution in [1.82, 2.24) is 19.5 Å². The quantitative estimate of drug-likeness (QED) is 0.641. The Morgan fingerprint density at radius 1 is 1.50 bits per heavy atom. The molecular formula is C10H11BrFN5O3. The van der Waals surface area contributed by atoms with E-state index in [0.29, 0.717) is 5.52 Å². The number of nitrogens with two attached hydrogens (primary N) is 1. The van der Waals surface area contributed by atoms with E-state index < -0.39 is 31.2 Å². The lowest BCUT2D eigenvalue weighted by molar-refractivity contribution is -0.0459. The molecule has 8 nitrogen and oxygen atoms in total. The maximum absolute atomic E-state index is 14.1. The van der Waals surface area contributed by atoms with E-state index in [9.17, 15) is 9.50 Å². The van der Waals surface area contributed by atoms with Crippen LogP contribution in [-0.2, 0) is 4.74 Å². The molecule has 20 heavy (non-hydrogen) atoms. The van der Waals surface area contributed by atoms with Crippen molar-refractivity contribution < 1.29 is 19.3 Å². The van der Waals surface area contributed by atoms with Crippen molar-refractivity contribution in [3.05, 3.63) is 11.1 Å². The normalized spacial score (nSPS) is 30.2. The molecule has 4 N–H and O–H groups in total. The standard InChI is InChI=1S/C10H11BrFN5O3/c11-10-15-7(13)5-8(16-10)17(2-14-5)9-4(12)6(19)3(1-18)20-9/h2-4,6,9,18-19H,1H2,(H2,13,15,16)/t3-,4+,6-,9-/m1/s1. The predicted molar refractivity (Wildman–Crippen MR) is 69.3 cm³/mol. The van der Waals surface area contributed by atoms with Gasteiger partial charge < -0.3 is 20.7 Å². The van der Waals surface area contributed by atoms with E-state index in [1.807, 2.05) is 0 Å². The molecule has 2 aromatic heterocycles. The zero-order valence-corrected chi connectivity index (χ0v) is 11.6. The van der Waals surface area contributed by atoms with Gasteiger partial charge in [-0.1, -0.05) is 0 Å². The molecule has 10 heteroatoms. The number of aliphatic hydroxyl groups is 2. The highest BCUT2D eigenvalue weighted by atomic mass is 79.9. The molecule has 0 radical (unpaired) electrons. The molecule has 1 saturated heterocycles. The number of alkyl halides is 1. The van der Waals surface area contributed by atoms with Gasteiger partial charge in [0.05, 0.1) is 12.9 Å². The van der Waals surface area contributed by atoms with Crippen LogP contribution in [0.1, 0.15) is 6.23 Å². The fourth-order valence-corrected chi connectivity index (χ4v) is 2.53. The number of hydrogen-bond donors (Lipinski definition) is 3. The second-order valence-electron chi connectivity index (χ2n) is 4.38. The minimum Gasteiger partial charge on any atom is -0.394 e. The average molecular weight is 348 g/mol. The molecule has 1 aliphatic heterocycles. The Labute approximate surface area is 120 Å². The molecule has 108 valence electrons. The third kappa shape index (κ3) is 1.95. The number of imidazole rings is 1. The Hall–Kier alpha value is -1.36. The summed E-state index contributed by atoms with van der Waals surface area (Å²) in [5.74, 6) is 0.147. The number of aromatic nitrogens is 4. The van der Waals surface area contributed by atoms with Crippen molar-refractivity contribution in [3.8, 4) is 0 Å². The van der Waals surface area contributed by atoms with E-state index in [2.05, 4.69) is 30.9 Å². The first-order valence-electron chi connectivity index (χ1n) is 5.77. The highest BCUT2D eigenvalue weighted by molar-refractivity contribution is 9.10. The smallest absolute Gasteiger partial charge is 0.200 e. The highest BCUT2D eigenvalue weighted by Crippen LogP contribution is 2.34. The van der Waals surface area contributed by atoms with Crippen LogP contribution < -0.4 is 5.73 Å². The first kappa shape index (κ1) is 13.6. The molecular weight excluding hydrogens is 337 g/mol. The van der Waals surface area contributed by atoms with Crippen LogP contribution in [0.15, 0.2) is 11.1 Å². The lowest BCUT2D eigenvalue weighted by atomic mass is 10.1. The summed E-state index contributed by atoms with van der Waals surface area (Å²) in [6.07, 6.45) is -3.93. The minimum absolute atomic E-state index is 0.147. The molecule has 1 aliphatic rings. The second kappa shape index (κ2) is 4.88. The summed E-state index contributed by atoms with van der Waals surface area (Å²) in [5.41, 5.74) is 6.30. The van der Waals surface area contributed by atoms with Crippen LogP contribution in [0.3, 0.4) is 0 Å². The van der Waals surface area contributed by atoms with Gasteiger partial charge in [-0.05, 0) is 15.9 Å². The maximum Gasteiger partial charge on any atom is 0.200 e. The lowest BCUT2D eigenvalue weighted by Crippen LogP contribution is -2.30. The summed E-state index contributed by atoms with van der Waals surface area (Å²) in [6.45, 7) is -0.481. The maximum atomic E-state index is 14.1. The molecule has 0 saturated carbocycles. The van der Waals surface area contributed by atoms with E-state index in [1.165, 1.54) is 10.9 Å². The van der Waals surface area contributed by atoms with Crippen LogP contribution in [0.4, 0.5) is 10.2 Å². The van der Waals surface area contributed by atoms with Gasteiger partial charge in [-0.25, -0.2) is 19.3 Å². The Kier molecular flexibility index (Phi) is 3.32. The van der Waals surface area contributed by atoms with Crippen LogP contribution >= 0.6 is 15.9 Å². The van der Waals surface area contributed by atoms with Gasteiger partial charge in [0.2, 0.25) is 4.73 Å². The van der Waals surface area contributed by atoms with Crippen LogP contribution in [0.2, 0.25) is 0 Å². The number of halogens is 2. The number of aliphatic hydroxyl groups excluding tert-OH is 2. The number of rotatable bonds is 2. The lowest BCUT2D eigenvalue weighted by Gasteiger charge is -2.15. The third-order valence-electron chi connectivity index (χ3n) is 3.17. The van der Waals surface area contributed by atoms with Crippen LogP contribution in [0.5, 0.6) is 0 Å². The van der Waals surface area contributed by atoms with Crippen molar-refractivity contribution in [1.29, 1.82) is 0 Å².